The first-order valence-corrected chi connectivity index (χ1v) is 5.36. The van der Waals surface area contributed by atoms with Crippen molar-refractivity contribution in [2.45, 2.75) is 39.3 Å². The van der Waals surface area contributed by atoms with Crippen LogP contribution >= 0.6 is 0 Å². The average molecular weight is 212 g/mol. The summed E-state index contributed by atoms with van der Waals surface area (Å²) in [6.07, 6.45) is 2.34. The van der Waals surface area contributed by atoms with Crippen molar-refractivity contribution >= 4 is 0 Å². The van der Waals surface area contributed by atoms with E-state index in [4.69, 9.17) is 9.15 Å². The number of aromatic nitrogens is 1. The van der Waals surface area contributed by atoms with Crippen molar-refractivity contribution in [1.82, 2.24) is 10.3 Å². The zero-order valence-corrected chi connectivity index (χ0v) is 9.96. The highest BCUT2D eigenvalue weighted by molar-refractivity contribution is 5.15. The quantitative estimate of drug-likeness (QED) is 0.784. The van der Waals surface area contributed by atoms with Crippen LogP contribution in [0.5, 0.6) is 0 Å². The molecule has 4 heteroatoms. The van der Waals surface area contributed by atoms with E-state index in [9.17, 15) is 0 Å². The third-order valence-corrected chi connectivity index (χ3v) is 2.79. The van der Waals surface area contributed by atoms with Crippen molar-refractivity contribution in [3.05, 3.63) is 17.8 Å². The molecule has 0 aliphatic carbocycles. The van der Waals surface area contributed by atoms with Crippen LogP contribution in [0, 0.1) is 0 Å². The van der Waals surface area contributed by atoms with Crippen LogP contribution in [0.1, 0.15) is 38.6 Å². The van der Waals surface area contributed by atoms with Gasteiger partial charge in [-0.1, -0.05) is 13.8 Å². The van der Waals surface area contributed by atoms with E-state index in [2.05, 4.69) is 24.1 Å². The van der Waals surface area contributed by atoms with Gasteiger partial charge in [0.15, 0.2) is 12.2 Å². The van der Waals surface area contributed by atoms with Gasteiger partial charge in [0.1, 0.15) is 5.60 Å². The van der Waals surface area contributed by atoms with E-state index >= 15 is 0 Å². The second kappa shape index (κ2) is 5.28. The van der Waals surface area contributed by atoms with Crippen LogP contribution in [0.2, 0.25) is 0 Å². The molecule has 0 aliphatic heterocycles. The van der Waals surface area contributed by atoms with Gasteiger partial charge in [-0.3, -0.25) is 0 Å². The zero-order valence-electron chi connectivity index (χ0n) is 9.96. The molecule has 1 unspecified atom stereocenters. The second-order valence-electron chi connectivity index (χ2n) is 3.70. The number of nitrogens with one attached hydrogen (secondary N) is 1. The standard InChI is InChI=1S/C11H20N2O2/c1-5-11(3,14-4)10-9(7-12-6-2)13-8-15-10/h8,12H,5-7H2,1-4H3. The van der Waals surface area contributed by atoms with Gasteiger partial charge in [-0.15, -0.1) is 0 Å². The summed E-state index contributed by atoms with van der Waals surface area (Å²) in [4.78, 5) is 4.21. The fraction of sp³-hybridized carbons (Fsp3) is 0.727. The summed E-state index contributed by atoms with van der Waals surface area (Å²) in [5, 5.41) is 3.23. The summed E-state index contributed by atoms with van der Waals surface area (Å²) in [5.74, 6) is 0.827. The molecule has 0 bridgehead atoms. The van der Waals surface area contributed by atoms with Crippen LogP contribution in [-0.4, -0.2) is 18.6 Å². The fourth-order valence-corrected chi connectivity index (χ4v) is 1.47. The molecule has 0 fully saturated rings. The smallest absolute Gasteiger partial charge is 0.181 e. The topological polar surface area (TPSA) is 47.3 Å². The number of oxazole rings is 1. The number of nitrogens with zero attached hydrogens (tertiary/aromatic N) is 1. The molecule has 0 amide bonds. The highest BCUT2D eigenvalue weighted by atomic mass is 16.5. The summed E-state index contributed by atoms with van der Waals surface area (Å²) < 4.78 is 10.9. The van der Waals surface area contributed by atoms with Crippen molar-refractivity contribution in [1.29, 1.82) is 0 Å². The molecule has 0 saturated carbocycles. The van der Waals surface area contributed by atoms with Gasteiger partial charge < -0.3 is 14.5 Å². The Kier molecular flexibility index (Phi) is 4.29. The van der Waals surface area contributed by atoms with E-state index in [0.29, 0.717) is 0 Å². The van der Waals surface area contributed by atoms with Crippen molar-refractivity contribution in [2.24, 2.45) is 0 Å². The lowest BCUT2D eigenvalue weighted by Gasteiger charge is -2.24. The molecule has 0 radical (unpaired) electrons. The number of hydrogen-bond donors (Lipinski definition) is 1. The molecule has 0 spiro atoms. The van der Waals surface area contributed by atoms with Crippen LogP contribution in [0.25, 0.3) is 0 Å². The van der Waals surface area contributed by atoms with Crippen LogP contribution < -0.4 is 5.32 Å². The van der Waals surface area contributed by atoms with Crippen LogP contribution in [0.15, 0.2) is 10.8 Å². The van der Waals surface area contributed by atoms with Crippen LogP contribution in [0.3, 0.4) is 0 Å². The summed E-state index contributed by atoms with van der Waals surface area (Å²) in [5.41, 5.74) is 0.560. The number of rotatable bonds is 6. The SMILES string of the molecule is CCNCc1ncoc1C(C)(CC)OC. The van der Waals surface area contributed by atoms with Gasteiger partial charge in [0.05, 0.1) is 5.69 Å². The first kappa shape index (κ1) is 12.2. The van der Waals surface area contributed by atoms with Crippen molar-refractivity contribution in [3.63, 3.8) is 0 Å². The average Bonchev–Trinajstić information content (AvgIpc) is 2.74. The van der Waals surface area contributed by atoms with Crippen molar-refractivity contribution in [3.8, 4) is 0 Å². The molecule has 1 N–H and O–H groups in total. The van der Waals surface area contributed by atoms with Gasteiger partial charge in [-0.25, -0.2) is 4.98 Å². The first-order valence-electron chi connectivity index (χ1n) is 5.36. The lowest BCUT2D eigenvalue weighted by Crippen LogP contribution is -2.25. The third-order valence-electron chi connectivity index (χ3n) is 2.79. The van der Waals surface area contributed by atoms with Gasteiger partial charge in [0.2, 0.25) is 0 Å². The molecule has 0 aliphatic rings. The lowest BCUT2D eigenvalue weighted by molar-refractivity contribution is -0.0199. The van der Waals surface area contributed by atoms with E-state index < -0.39 is 0 Å². The molecular formula is C11H20N2O2. The summed E-state index contributed by atoms with van der Waals surface area (Å²) in [7, 11) is 1.70. The maximum atomic E-state index is 5.49. The summed E-state index contributed by atoms with van der Waals surface area (Å²) in [6.45, 7) is 7.80. The minimum atomic E-state index is -0.374. The van der Waals surface area contributed by atoms with Crippen LogP contribution in [-0.2, 0) is 16.9 Å². The molecule has 1 heterocycles. The maximum Gasteiger partial charge on any atom is 0.181 e. The van der Waals surface area contributed by atoms with E-state index in [1.165, 1.54) is 6.39 Å². The molecular weight excluding hydrogens is 192 g/mol. The minimum Gasteiger partial charge on any atom is -0.445 e. The van der Waals surface area contributed by atoms with Crippen molar-refractivity contribution < 1.29 is 9.15 Å². The van der Waals surface area contributed by atoms with E-state index in [1.807, 2.05) is 6.92 Å². The molecule has 1 aromatic rings. The number of ether oxygens (including phenoxy) is 1. The summed E-state index contributed by atoms with van der Waals surface area (Å²) in [6, 6.07) is 0. The second-order valence-corrected chi connectivity index (χ2v) is 3.70. The predicted octanol–water partition coefficient (Wildman–Crippen LogP) is 2.06. The normalized spacial score (nSPS) is 15.2. The third kappa shape index (κ3) is 2.58. The number of methoxy groups -OCH3 is 1. The molecule has 1 rings (SSSR count). The van der Waals surface area contributed by atoms with Gasteiger partial charge >= 0.3 is 0 Å². The Morgan fingerprint density at radius 1 is 1.53 bits per heavy atom. The molecule has 1 atom stereocenters. The molecule has 86 valence electrons. The molecule has 1 aromatic heterocycles. The fourth-order valence-electron chi connectivity index (χ4n) is 1.47. The summed E-state index contributed by atoms with van der Waals surface area (Å²) >= 11 is 0. The van der Waals surface area contributed by atoms with Crippen LogP contribution in [0.4, 0.5) is 0 Å². The first-order chi connectivity index (χ1) is 7.18. The highest BCUT2D eigenvalue weighted by Crippen LogP contribution is 2.30. The largest absolute Gasteiger partial charge is 0.445 e. The Morgan fingerprint density at radius 2 is 2.27 bits per heavy atom. The van der Waals surface area contributed by atoms with Gasteiger partial charge in [0, 0.05) is 13.7 Å². The monoisotopic (exact) mass is 212 g/mol. The molecule has 0 aromatic carbocycles. The highest BCUT2D eigenvalue weighted by Gasteiger charge is 2.30. The molecule has 4 nitrogen and oxygen atoms in total. The predicted molar refractivity (Wildman–Crippen MR) is 58.5 cm³/mol. The van der Waals surface area contributed by atoms with E-state index in [-0.39, 0.29) is 5.60 Å². The Hall–Kier alpha value is -0.870. The molecule has 0 saturated heterocycles. The van der Waals surface area contributed by atoms with Gasteiger partial charge in [-0.2, -0.15) is 0 Å². The maximum absolute atomic E-state index is 5.49. The van der Waals surface area contributed by atoms with Crippen molar-refractivity contribution in [2.75, 3.05) is 13.7 Å². The number of hydrogen-bond acceptors (Lipinski definition) is 4. The lowest BCUT2D eigenvalue weighted by atomic mass is 9.98. The van der Waals surface area contributed by atoms with E-state index in [0.717, 1.165) is 31.0 Å². The Balaban J connectivity index is 2.87. The van der Waals surface area contributed by atoms with Gasteiger partial charge in [-0.05, 0) is 19.9 Å². The Morgan fingerprint density at radius 3 is 2.80 bits per heavy atom. The molecule has 15 heavy (non-hydrogen) atoms. The van der Waals surface area contributed by atoms with E-state index in [1.54, 1.807) is 7.11 Å². The Labute approximate surface area is 91.0 Å². The van der Waals surface area contributed by atoms with Gasteiger partial charge in [0.25, 0.3) is 0 Å². The Bertz CT molecular complexity index is 293. The minimum absolute atomic E-state index is 0.374. The zero-order chi connectivity index (χ0) is 11.3.